The summed E-state index contributed by atoms with van der Waals surface area (Å²) in [5, 5.41) is 9.34. The Hall–Kier alpha value is -2.57. The van der Waals surface area contributed by atoms with Crippen molar-refractivity contribution in [2.75, 3.05) is 6.54 Å². The lowest BCUT2D eigenvalue weighted by molar-refractivity contribution is -0.143. The SMILES string of the molecule is O=C(O)C1c2ccoc2CCN1C(=O)c1cocn1. The van der Waals surface area contributed by atoms with Gasteiger partial charge in [-0.15, -0.1) is 0 Å². The average Bonchev–Trinajstić information content (AvgIpc) is 3.06. The zero-order valence-corrected chi connectivity index (χ0v) is 9.78. The highest BCUT2D eigenvalue weighted by molar-refractivity contribution is 5.95. The molecule has 2 aromatic heterocycles. The number of nitrogens with zero attached hydrogens (tertiary/aromatic N) is 2. The minimum atomic E-state index is -1.10. The molecule has 3 rings (SSSR count). The number of amides is 1. The van der Waals surface area contributed by atoms with E-state index in [0.29, 0.717) is 17.7 Å². The van der Waals surface area contributed by atoms with E-state index in [1.807, 2.05) is 0 Å². The predicted molar refractivity (Wildman–Crippen MR) is 60.3 cm³/mol. The van der Waals surface area contributed by atoms with Gasteiger partial charge in [0.1, 0.15) is 12.0 Å². The van der Waals surface area contributed by atoms with Gasteiger partial charge in [0.15, 0.2) is 18.1 Å². The molecule has 0 saturated heterocycles. The summed E-state index contributed by atoms with van der Waals surface area (Å²) in [6, 6.07) is 0.530. The van der Waals surface area contributed by atoms with Crippen molar-refractivity contribution in [1.82, 2.24) is 9.88 Å². The number of hydrogen-bond donors (Lipinski definition) is 1. The maximum absolute atomic E-state index is 12.2. The molecule has 1 aliphatic heterocycles. The van der Waals surface area contributed by atoms with E-state index in [0.717, 1.165) is 6.39 Å². The Bertz CT molecular complexity index is 616. The van der Waals surface area contributed by atoms with Crippen molar-refractivity contribution in [3.8, 4) is 0 Å². The van der Waals surface area contributed by atoms with Crippen molar-refractivity contribution in [1.29, 1.82) is 0 Å². The Kier molecular flexibility index (Phi) is 2.59. The van der Waals surface area contributed by atoms with Crippen LogP contribution in [0.3, 0.4) is 0 Å². The van der Waals surface area contributed by atoms with Crippen molar-refractivity contribution in [3.63, 3.8) is 0 Å². The Labute approximate surface area is 107 Å². The van der Waals surface area contributed by atoms with E-state index in [1.165, 1.54) is 17.4 Å². The van der Waals surface area contributed by atoms with Crippen LogP contribution < -0.4 is 0 Å². The van der Waals surface area contributed by atoms with Gasteiger partial charge in [0.05, 0.1) is 6.26 Å². The molecule has 7 heteroatoms. The van der Waals surface area contributed by atoms with E-state index in [1.54, 1.807) is 6.07 Å². The molecular formula is C12H10N2O5. The third-order valence-corrected chi connectivity index (χ3v) is 3.11. The molecule has 7 nitrogen and oxygen atoms in total. The van der Waals surface area contributed by atoms with Gasteiger partial charge in [-0.3, -0.25) is 4.79 Å². The largest absolute Gasteiger partial charge is 0.479 e. The summed E-state index contributed by atoms with van der Waals surface area (Å²) in [5.74, 6) is -0.955. The predicted octanol–water partition coefficient (Wildman–Crippen LogP) is 1.09. The number of fused-ring (bicyclic) bond motifs is 1. The first kappa shape index (κ1) is 11.5. The Morgan fingerprint density at radius 2 is 2.32 bits per heavy atom. The van der Waals surface area contributed by atoms with E-state index in [4.69, 9.17) is 8.83 Å². The second-order valence-electron chi connectivity index (χ2n) is 4.16. The second-order valence-corrected chi connectivity index (χ2v) is 4.16. The van der Waals surface area contributed by atoms with Gasteiger partial charge in [-0.2, -0.15) is 0 Å². The van der Waals surface area contributed by atoms with Crippen LogP contribution in [-0.4, -0.2) is 33.4 Å². The maximum Gasteiger partial charge on any atom is 0.331 e. The summed E-state index contributed by atoms with van der Waals surface area (Å²) in [7, 11) is 0. The molecule has 0 spiro atoms. The van der Waals surface area contributed by atoms with E-state index in [-0.39, 0.29) is 12.2 Å². The first-order valence-electron chi connectivity index (χ1n) is 5.66. The number of carbonyl (C=O) groups excluding carboxylic acids is 1. The van der Waals surface area contributed by atoms with Crippen molar-refractivity contribution >= 4 is 11.9 Å². The molecule has 2 aromatic rings. The molecular weight excluding hydrogens is 252 g/mol. The normalized spacial score (nSPS) is 18.1. The van der Waals surface area contributed by atoms with Crippen LogP contribution in [0.4, 0.5) is 0 Å². The first-order chi connectivity index (χ1) is 9.18. The number of furan rings is 1. The molecule has 0 saturated carbocycles. The standard InChI is InChI=1S/C12H10N2O5/c15-11(8-5-18-6-13-8)14-3-1-9-7(2-4-19-9)10(14)12(16)17/h2,4-6,10H,1,3H2,(H,16,17). The Morgan fingerprint density at radius 3 is 3.00 bits per heavy atom. The van der Waals surface area contributed by atoms with Crippen LogP contribution >= 0.6 is 0 Å². The third kappa shape index (κ3) is 1.79. The minimum absolute atomic E-state index is 0.0956. The molecule has 98 valence electrons. The van der Waals surface area contributed by atoms with Crippen LogP contribution in [0.15, 0.2) is 33.8 Å². The number of carboxylic acid groups (broad SMARTS) is 1. The monoisotopic (exact) mass is 262 g/mol. The molecule has 0 aromatic carbocycles. The molecule has 1 amide bonds. The van der Waals surface area contributed by atoms with Gasteiger partial charge in [0, 0.05) is 18.5 Å². The van der Waals surface area contributed by atoms with Gasteiger partial charge in [-0.1, -0.05) is 0 Å². The number of hydrogen-bond acceptors (Lipinski definition) is 5. The average molecular weight is 262 g/mol. The lowest BCUT2D eigenvalue weighted by Crippen LogP contribution is -2.43. The van der Waals surface area contributed by atoms with E-state index >= 15 is 0 Å². The maximum atomic E-state index is 12.2. The lowest BCUT2D eigenvalue weighted by Gasteiger charge is -2.31. The smallest absolute Gasteiger partial charge is 0.331 e. The highest BCUT2D eigenvalue weighted by Crippen LogP contribution is 2.31. The molecule has 19 heavy (non-hydrogen) atoms. The van der Waals surface area contributed by atoms with Crippen LogP contribution in [0.2, 0.25) is 0 Å². The molecule has 1 atom stereocenters. The van der Waals surface area contributed by atoms with Gasteiger partial charge >= 0.3 is 5.97 Å². The molecule has 1 aliphatic rings. The van der Waals surface area contributed by atoms with E-state index in [2.05, 4.69) is 4.98 Å². The fourth-order valence-electron chi connectivity index (χ4n) is 2.27. The summed E-state index contributed by atoms with van der Waals surface area (Å²) < 4.78 is 9.97. The topological polar surface area (TPSA) is 96.8 Å². The fourth-order valence-corrected chi connectivity index (χ4v) is 2.27. The Balaban J connectivity index is 1.98. The van der Waals surface area contributed by atoms with Crippen molar-refractivity contribution in [2.24, 2.45) is 0 Å². The van der Waals surface area contributed by atoms with Crippen LogP contribution in [-0.2, 0) is 11.2 Å². The molecule has 0 radical (unpaired) electrons. The summed E-state index contributed by atoms with van der Waals surface area (Å²) in [6.45, 7) is 0.267. The highest BCUT2D eigenvalue weighted by atomic mass is 16.4. The van der Waals surface area contributed by atoms with Crippen molar-refractivity contribution < 1.29 is 23.5 Å². The number of carboxylic acids is 1. The molecule has 1 unspecified atom stereocenters. The molecule has 0 fully saturated rings. The molecule has 0 bridgehead atoms. The van der Waals surface area contributed by atoms with E-state index < -0.39 is 17.9 Å². The summed E-state index contributed by atoms with van der Waals surface area (Å²) in [5.41, 5.74) is 0.605. The van der Waals surface area contributed by atoms with Gasteiger partial charge in [-0.25, -0.2) is 9.78 Å². The van der Waals surface area contributed by atoms with Gasteiger partial charge < -0.3 is 18.8 Å². The van der Waals surface area contributed by atoms with Gasteiger partial charge in [-0.05, 0) is 6.07 Å². The molecule has 3 heterocycles. The first-order valence-corrected chi connectivity index (χ1v) is 5.66. The summed E-state index contributed by atoms with van der Waals surface area (Å²) >= 11 is 0. The van der Waals surface area contributed by atoms with Crippen LogP contribution in [0.1, 0.15) is 27.9 Å². The minimum Gasteiger partial charge on any atom is -0.479 e. The highest BCUT2D eigenvalue weighted by Gasteiger charge is 2.38. The van der Waals surface area contributed by atoms with Crippen LogP contribution in [0.25, 0.3) is 0 Å². The third-order valence-electron chi connectivity index (χ3n) is 3.11. The summed E-state index contributed by atoms with van der Waals surface area (Å²) in [6.07, 6.45) is 4.25. The summed E-state index contributed by atoms with van der Waals surface area (Å²) in [4.78, 5) is 28.7. The number of carbonyl (C=O) groups is 2. The van der Waals surface area contributed by atoms with Gasteiger partial charge in [0.25, 0.3) is 5.91 Å². The van der Waals surface area contributed by atoms with Crippen molar-refractivity contribution in [3.05, 3.63) is 42.0 Å². The zero-order chi connectivity index (χ0) is 13.4. The van der Waals surface area contributed by atoms with Crippen molar-refractivity contribution in [2.45, 2.75) is 12.5 Å². The van der Waals surface area contributed by atoms with Crippen LogP contribution in [0.5, 0.6) is 0 Å². The number of aliphatic carboxylic acids is 1. The molecule has 0 aliphatic carbocycles. The number of aromatic nitrogens is 1. The lowest BCUT2D eigenvalue weighted by atomic mass is 9.99. The van der Waals surface area contributed by atoms with Crippen LogP contribution in [0, 0.1) is 0 Å². The quantitative estimate of drug-likeness (QED) is 0.870. The number of oxazole rings is 1. The van der Waals surface area contributed by atoms with Gasteiger partial charge in [0.2, 0.25) is 0 Å². The second kappa shape index (κ2) is 4.27. The zero-order valence-electron chi connectivity index (χ0n) is 9.78. The Morgan fingerprint density at radius 1 is 1.47 bits per heavy atom. The molecule has 1 N–H and O–H groups in total. The van der Waals surface area contributed by atoms with E-state index in [9.17, 15) is 14.7 Å². The number of rotatable bonds is 2. The fraction of sp³-hybridized carbons (Fsp3) is 0.250.